The zero-order valence-electron chi connectivity index (χ0n) is 16.7. The molecule has 0 bridgehead atoms. The van der Waals surface area contributed by atoms with Gasteiger partial charge >= 0.3 is 11.9 Å². The Hall–Kier alpha value is -2.83. The van der Waals surface area contributed by atoms with E-state index in [-0.39, 0.29) is 31.3 Å². The normalized spacial score (nSPS) is 24.6. The maximum atomic E-state index is 12.6. The highest BCUT2D eigenvalue weighted by Crippen LogP contribution is 2.40. The number of hydrogen-bond acceptors (Lipinski definition) is 7. The number of ketones is 1. The van der Waals surface area contributed by atoms with E-state index in [9.17, 15) is 14.4 Å². The number of fused-ring (bicyclic) bond motifs is 1. The van der Waals surface area contributed by atoms with E-state index >= 15 is 0 Å². The second-order valence-electron chi connectivity index (χ2n) is 6.55. The molecule has 1 aliphatic heterocycles. The van der Waals surface area contributed by atoms with Crippen molar-refractivity contribution in [2.75, 3.05) is 20.3 Å². The van der Waals surface area contributed by atoms with Gasteiger partial charge in [0, 0.05) is 5.92 Å². The Balaban J connectivity index is 2.32. The number of ether oxygens (including phenoxy) is 4. The van der Waals surface area contributed by atoms with Crippen LogP contribution in [0.1, 0.15) is 27.2 Å². The molecular weight excluding hydrogens is 364 g/mol. The lowest BCUT2D eigenvalue weighted by atomic mass is 9.77. The SMILES string of the molecule is C=CC1C2=CC(OC)=C(OCC(=O)OCC)C[C@@H]2OC(=O)[C@@H]1/C=C(\C)C(C)=O. The van der Waals surface area contributed by atoms with Gasteiger partial charge in [0.25, 0.3) is 0 Å². The van der Waals surface area contributed by atoms with Crippen LogP contribution in [0.3, 0.4) is 0 Å². The number of esters is 2. The maximum Gasteiger partial charge on any atom is 0.344 e. The van der Waals surface area contributed by atoms with Crippen molar-refractivity contribution in [2.45, 2.75) is 33.3 Å². The van der Waals surface area contributed by atoms with Crippen molar-refractivity contribution in [3.63, 3.8) is 0 Å². The molecule has 152 valence electrons. The number of allylic oxidation sites excluding steroid dienone is 3. The van der Waals surface area contributed by atoms with Crippen molar-refractivity contribution in [3.05, 3.63) is 47.5 Å². The molecule has 0 aromatic carbocycles. The predicted molar refractivity (Wildman–Crippen MR) is 101 cm³/mol. The lowest BCUT2D eigenvalue weighted by Gasteiger charge is -2.37. The largest absolute Gasteiger partial charge is 0.493 e. The molecule has 0 radical (unpaired) electrons. The van der Waals surface area contributed by atoms with Crippen LogP contribution >= 0.6 is 0 Å². The van der Waals surface area contributed by atoms with E-state index in [1.165, 1.54) is 14.0 Å². The summed E-state index contributed by atoms with van der Waals surface area (Å²) in [4.78, 5) is 35.7. The Morgan fingerprint density at radius 2 is 2.04 bits per heavy atom. The molecule has 1 saturated heterocycles. The predicted octanol–water partition coefficient (Wildman–Crippen LogP) is 2.63. The summed E-state index contributed by atoms with van der Waals surface area (Å²) in [5.41, 5.74) is 1.30. The van der Waals surface area contributed by atoms with E-state index in [0.717, 1.165) is 5.57 Å². The Morgan fingerprint density at radius 1 is 1.32 bits per heavy atom. The molecule has 1 fully saturated rings. The maximum absolute atomic E-state index is 12.6. The van der Waals surface area contributed by atoms with Gasteiger partial charge in [0.2, 0.25) is 0 Å². The molecule has 28 heavy (non-hydrogen) atoms. The van der Waals surface area contributed by atoms with Gasteiger partial charge < -0.3 is 18.9 Å². The molecule has 2 aliphatic rings. The van der Waals surface area contributed by atoms with Gasteiger partial charge in [-0.15, -0.1) is 6.58 Å². The molecule has 0 saturated carbocycles. The van der Waals surface area contributed by atoms with Crippen molar-refractivity contribution in [2.24, 2.45) is 11.8 Å². The van der Waals surface area contributed by atoms with E-state index in [1.54, 1.807) is 32.1 Å². The van der Waals surface area contributed by atoms with Crippen molar-refractivity contribution >= 4 is 17.7 Å². The zero-order valence-corrected chi connectivity index (χ0v) is 16.7. The highest BCUT2D eigenvalue weighted by molar-refractivity contribution is 5.93. The average Bonchev–Trinajstić information content (AvgIpc) is 2.66. The van der Waals surface area contributed by atoms with Crippen molar-refractivity contribution < 1.29 is 33.3 Å². The Kier molecular flexibility index (Phi) is 7.20. The van der Waals surface area contributed by atoms with Gasteiger partial charge in [0.1, 0.15) is 11.9 Å². The third-order valence-corrected chi connectivity index (χ3v) is 4.75. The molecular formula is C21H26O7. The fourth-order valence-electron chi connectivity index (χ4n) is 3.20. The molecule has 7 heteroatoms. The van der Waals surface area contributed by atoms with Crippen LogP contribution in [0.15, 0.2) is 47.5 Å². The monoisotopic (exact) mass is 390 g/mol. The molecule has 2 rings (SSSR count). The second kappa shape index (κ2) is 9.39. The first-order chi connectivity index (χ1) is 13.3. The number of methoxy groups -OCH3 is 1. The summed E-state index contributed by atoms with van der Waals surface area (Å²) < 4.78 is 21.4. The minimum atomic E-state index is -0.635. The molecule has 1 heterocycles. The van der Waals surface area contributed by atoms with E-state index in [4.69, 9.17) is 18.9 Å². The Labute approximate surface area is 164 Å². The van der Waals surface area contributed by atoms with Gasteiger partial charge in [-0.25, -0.2) is 4.79 Å². The summed E-state index contributed by atoms with van der Waals surface area (Å²) in [6, 6.07) is 0. The van der Waals surface area contributed by atoms with Crippen LogP contribution in [0.5, 0.6) is 0 Å². The average molecular weight is 390 g/mol. The van der Waals surface area contributed by atoms with E-state index in [1.807, 2.05) is 0 Å². The molecule has 1 unspecified atom stereocenters. The number of Topliss-reactive ketones (excluding diaryl/α,β-unsaturated/α-hetero) is 1. The van der Waals surface area contributed by atoms with E-state index in [0.29, 0.717) is 17.1 Å². The summed E-state index contributed by atoms with van der Waals surface area (Å²) in [7, 11) is 1.50. The number of hydrogen-bond donors (Lipinski definition) is 0. The lowest BCUT2D eigenvalue weighted by Crippen LogP contribution is -2.40. The molecule has 0 N–H and O–H groups in total. The van der Waals surface area contributed by atoms with Crippen molar-refractivity contribution in [3.8, 4) is 0 Å². The molecule has 1 aliphatic carbocycles. The number of carbonyl (C=O) groups is 3. The Morgan fingerprint density at radius 3 is 2.61 bits per heavy atom. The third kappa shape index (κ3) is 4.71. The molecule has 0 aromatic heterocycles. The number of carbonyl (C=O) groups excluding carboxylic acids is 3. The van der Waals surface area contributed by atoms with Crippen LogP contribution in [0.4, 0.5) is 0 Å². The lowest BCUT2D eigenvalue weighted by molar-refractivity contribution is -0.157. The zero-order chi connectivity index (χ0) is 20.8. The van der Waals surface area contributed by atoms with Crippen molar-refractivity contribution in [1.82, 2.24) is 0 Å². The quantitative estimate of drug-likeness (QED) is 0.358. The fourth-order valence-corrected chi connectivity index (χ4v) is 3.20. The molecule has 7 nitrogen and oxygen atoms in total. The summed E-state index contributed by atoms with van der Waals surface area (Å²) in [5.74, 6) is -1.14. The van der Waals surface area contributed by atoms with Crippen molar-refractivity contribution in [1.29, 1.82) is 0 Å². The summed E-state index contributed by atoms with van der Waals surface area (Å²) in [6.45, 7) is 8.68. The Bertz CT molecular complexity index is 757. The first-order valence-corrected chi connectivity index (χ1v) is 9.11. The minimum Gasteiger partial charge on any atom is -0.493 e. The number of rotatable bonds is 8. The molecule has 3 atom stereocenters. The van der Waals surface area contributed by atoms with Crippen LogP contribution in [0, 0.1) is 11.8 Å². The van der Waals surface area contributed by atoms with Crippen LogP contribution in [0.25, 0.3) is 0 Å². The first kappa shape index (κ1) is 21.5. The molecule has 0 aromatic rings. The van der Waals surface area contributed by atoms with E-state index < -0.39 is 24.0 Å². The summed E-state index contributed by atoms with van der Waals surface area (Å²) >= 11 is 0. The van der Waals surface area contributed by atoms with Gasteiger partial charge in [-0.3, -0.25) is 9.59 Å². The molecule has 0 spiro atoms. The van der Waals surface area contributed by atoms with Crippen LogP contribution in [0.2, 0.25) is 0 Å². The topological polar surface area (TPSA) is 88.1 Å². The van der Waals surface area contributed by atoms with E-state index in [2.05, 4.69) is 6.58 Å². The van der Waals surface area contributed by atoms with Gasteiger partial charge in [-0.2, -0.15) is 0 Å². The van der Waals surface area contributed by atoms with Crippen LogP contribution < -0.4 is 0 Å². The standard InChI is InChI=1S/C21H26O7/c1-6-14-15-9-18(25-5)19(27-11-20(23)26-7-2)10-17(15)28-21(24)16(14)8-12(3)13(4)22/h6,8-9,14,16-17H,1,7,10-11H2,2-5H3/b12-8+/t14?,16-,17+/m1/s1. The summed E-state index contributed by atoms with van der Waals surface area (Å²) in [6.07, 6.45) is 4.74. The smallest absolute Gasteiger partial charge is 0.344 e. The third-order valence-electron chi connectivity index (χ3n) is 4.75. The van der Waals surface area contributed by atoms with Gasteiger partial charge in [-0.05, 0) is 38.0 Å². The first-order valence-electron chi connectivity index (χ1n) is 9.11. The van der Waals surface area contributed by atoms with Gasteiger partial charge in [0.05, 0.1) is 26.1 Å². The van der Waals surface area contributed by atoms with Crippen LogP contribution in [-0.2, 0) is 33.3 Å². The highest BCUT2D eigenvalue weighted by Gasteiger charge is 2.42. The van der Waals surface area contributed by atoms with Gasteiger partial charge in [-0.1, -0.05) is 12.2 Å². The highest BCUT2D eigenvalue weighted by atomic mass is 16.6. The fraction of sp³-hybridized carbons (Fsp3) is 0.476. The second-order valence-corrected chi connectivity index (χ2v) is 6.55. The minimum absolute atomic E-state index is 0.109. The molecule has 0 amide bonds. The van der Waals surface area contributed by atoms with Crippen LogP contribution in [-0.4, -0.2) is 44.1 Å². The summed E-state index contributed by atoms with van der Waals surface area (Å²) in [5, 5.41) is 0. The van der Waals surface area contributed by atoms with Gasteiger partial charge in [0.15, 0.2) is 18.1 Å².